The Morgan fingerprint density at radius 2 is 1.68 bits per heavy atom. The minimum Gasteiger partial charge on any atom is -0.484 e. The van der Waals surface area contributed by atoms with Crippen LogP contribution in [0.15, 0.2) is 42.5 Å². The van der Waals surface area contributed by atoms with E-state index in [4.69, 9.17) is 27.9 Å². The van der Waals surface area contributed by atoms with Crippen LogP contribution in [0.25, 0.3) is 0 Å². The van der Waals surface area contributed by atoms with E-state index in [1.165, 1.54) is 5.56 Å². The van der Waals surface area contributed by atoms with Gasteiger partial charge in [0.05, 0.1) is 0 Å². The molecule has 2 aromatic carbocycles. The molecule has 5 nitrogen and oxygen atoms in total. The first kappa shape index (κ1) is 26.4. The number of benzene rings is 2. The number of rotatable bonds is 10. The molecule has 0 spiro atoms. The van der Waals surface area contributed by atoms with Gasteiger partial charge in [0, 0.05) is 28.2 Å². The van der Waals surface area contributed by atoms with Crippen molar-refractivity contribution >= 4 is 35.0 Å². The van der Waals surface area contributed by atoms with Gasteiger partial charge in [-0.1, -0.05) is 75.0 Å². The molecule has 0 saturated heterocycles. The van der Waals surface area contributed by atoms with Gasteiger partial charge in [0.2, 0.25) is 5.91 Å². The lowest BCUT2D eigenvalue weighted by molar-refractivity contribution is -0.143. The zero-order valence-corrected chi connectivity index (χ0v) is 21.7. The third-order valence-corrected chi connectivity index (χ3v) is 7.09. The Labute approximate surface area is 212 Å². The van der Waals surface area contributed by atoms with E-state index in [0.717, 1.165) is 25.7 Å². The summed E-state index contributed by atoms with van der Waals surface area (Å²) in [7, 11) is 0. The van der Waals surface area contributed by atoms with Gasteiger partial charge in [-0.2, -0.15) is 0 Å². The molecule has 34 heavy (non-hydrogen) atoms. The van der Waals surface area contributed by atoms with E-state index in [0.29, 0.717) is 33.7 Å². The summed E-state index contributed by atoms with van der Waals surface area (Å²) in [6.45, 7) is 6.09. The van der Waals surface area contributed by atoms with E-state index in [1.54, 1.807) is 23.1 Å². The van der Waals surface area contributed by atoms with E-state index < -0.39 is 6.04 Å². The molecule has 0 unspecified atom stereocenters. The molecule has 0 aromatic heterocycles. The molecule has 2 amide bonds. The van der Waals surface area contributed by atoms with E-state index in [-0.39, 0.29) is 31.0 Å². The average molecular weight is 505 g/mol. The number of nitrogens with zero attached hydrogens (tertiary/aromatic N) is 1. The summed E-state index contributed by atoms with van der Waals surface area (Å²) in [5, 5.41) is 4.05. The topological polar surface area (TPSA) is 58.6 Å². The fourth-order valence-electron chi connectivity index (χ4n) is 4.32. The van der Waals surface area contributed by atoms with Crippen molar-refractivity contribution in [3.63, 3.8) is 0 Å². The molecule has 1 atom stereocenters. The zero-order valence-electron chi connectivity index (χ0n) is 20.2. The first-order valence-corrected chi connectivity index (χ1v) is 12.8. The highest BCUT2D eigenvalue weighted by molar-refractivity contribution is 6.36. The molecule has 0 heterocycles. The van der Waals surface area contributed by atoms with Gasteiger partial charge in [-0.05, 0) is 55.0 Å². The second-order valence-electron chi connectivity index (χ2n) is 9.15. The molecule has 0 aliphatic heterocycles. The standard InChI is InChI=1S/C27H34Cl2N2O3/c1-4-25(27(33)30-20-8-5-6-9-20)31(16-22-23(28)10-7-11-24(22)29)26(32)17-34-21-14-12-19(13-15-21)18(2)3/h7,10-15,18,20,25H,4-6,8-9,16-17H2,1-3H3,(H,30,33)/t25-/m0/s1. The summed E-state index contributed by atoms with van der Waals surface area (Å²) in [6.07, 6.45) is 4.64. The number of hydrogen-bond acceptors (Lipinski definition) is 3. The van der Waals surface area contributed by atoms with Gasteiger partial charge in [-0.3, -0.25) is 9.59 Å². The quantitative estimate of drug-likeness (QED) is 0.409. The van der Waals surface area contributed by atoms with Crippen LogP contribution in [0.2, 0.25) is 10.0 Å². The van der Waals surface area contributed by atoms with Crippen molar-refractivity contribution in [2.75, 3.05) is 6.61 Å². The van der Waals surface area contributed by atoms with Gasteiger partial charge in [0.1, 0.15) is 11.8 Å². The average Bonchev–Trinajstić information content (AvgIpc) is 3.32. The van der Waals surface area contributed by atoms with Crippen LogP contribution in [0.3, 0.4) is 0 Å². The number of nitrogens with one attached hydrogen (secondary N) is 1. The van der Waals surface area contributed by atoms with Crippen LogP contribution < -0.4 is 10.1 Å². The minimum absolute atomic E-state index is 0.129. The van der Waals surface area contributed by atoms with E-state index >= 15 is 0 Å². The smallest absolute Gasteiger partial charge is 0.261 e. The Bertz CT molecular complexity index is 952. The number of carbonyl (C=O) groups excluding carboxylic acids is 2. The first-order valence-electron chi connectivity index (χ1n) is 12.1. The summed E-state index contributed by atoms with van der Waals surface area (Å²) in [4.78, 5) is 28.1. The van der Waals surface area contributed by atoms with Gasteiger partial charge in [0.25, 0.3) is 5.91 Å². The van der Waals surface area contributed by atoms with Gasteiger partial charge < -0.3 is 15.0 Å². The van der Waals surface area contributed by atoms with E-state index in [2.05, 4.69) is 19.2 Å². The summed E-state index contributed by atoms with van der Waals surface area (Å²) in [5.41, 5.74) is 1.82. The number of ether oxygens (including phenoxy) is 1. The molecule has 1 aliphatic rings. The Hall–Kier alpha value is -2.24. The Morgan fingerprint density at radius 1 is 1.06 bits per heavy atom. The normalized spacial score (nSPS) is 14.8. The monoisotopic (exact) mass is 504 g/mol. The zero-order chi connectivity index (χ0) is 24.7. The SMILES string of the molecule is CC[C@@H](C(=O)NC1CCCC1)N(Cc1c(Cl)cccc1Cl)C(=O)COc1ccc(C(C)C)cc1. The molecule has 1 N–H and O–H groups in total. The van der Waals surface area contributed by atoms with Crippen molar-refractivity contribution in [2.45, 2.75) is 77.4 Å². The third kappa shape index (κ3) is 6.89. The number of hydrogen-bond donors (Lipinski definition) is 1. The molecule has 0 bridgehead atoms. The Balaban J connectivity index is 1.78. The Kier molecular flexibility index (Phi) is 9.66. The van der Waals surface area contributed by atoms with Gasteiger partial charge in [0.15, 0.2) is 6.61 Å². The predicted octanol–water partition coefficient (Wildman–Crippen LogP) is 6.36. The number of halogens is 2. The molecule has 0 radical (unpaired) electrons. The molecule has 1 aliphatic carbocycles. The van der Waals surface area contributed by atoms with Crippen molar-refractivity contribution in [3.05, 3.63) is 63.6 Å². The van der Waals surface area contributed by atoms with Crippen LogP contribution in [0.1, 0.15) is 69.9 Å². The van der Waals surface area contributed by atoms with Crippen molar-refractivity contribution in [1.29, 1.82) is 0 Å². The highest BCUT2D eigenvalue weighted by Crippen LogP contribution is 2.27. The maximum Gasteiger partial charge on any atom is 0.261 e. The molecule has 3 rings (SSSR count). The van der Waals surface area contributed by atoms with Crippen molar-refractivity contribution in [2.24, 2.45) is 0 Å². The molecule has 1 fully saturated rings. The van der Waals surface area contributed by atoms with Crippen LogP contribution in [0, 0.1) is 0 Å². The molecule has 1 saturated carbocycles. The minimum atomic E-state index is -0.646. The van der Waals surface area contributed by atoms with Crippen molar-refractivity contribution in [1.82, 2.24) is 10.2 Å². The maximum absolute atomic E-state index is 13.4. The number of carbonyl (C=O) groups is 2. The maximum atomic E-state index is 13.4. The number of amides is 2. The van der Waals surface area contributed by atoms with Gasteiger partial charge in [-0.15, -0.1) is 0 Å². The Morgan fingerprint density at radius 3 is 2.24 bits per heavy atom. The molecular weight excluding hydrogens is 471 g/mol. The molecule has 2 aromatic rings. The van der Waals surface area contributed by atoms with Gasteiger partial charge >= 0.3 is 0 Å². The summed E-state index contributed by atoms with van der Waals surface area (Å²) >= 11 is 12.8. The van der Waals surface area contributed by atoms with Crippen LogP contribution >= 0.6 is 23.2 Å². The largest absolute Gasteiger partial charge is 0.484 e. The van der Waals surface area contributed by atoms with Crippen molar-refractivity contribution in [3.8, 4) is 5.75 Å². The van der Waals surface area contributed by atoms with Gasteiger partial charge in [-0.25, -0.2) is 0 Å². The highest BCUT2D eigenvalue weighted by atomic mass is 35.5. The predicted molar refractivity (Wildman–Crippen MR) is 138 cm³/mol. The van der Waals surface area contributed by atoms with E-state index in [9.17, 15) is 9.59 Å². The fourth-order valence-corrected chi connectivity index (χ4v) is 4.83. The first-order chi connectivity index (χ1) is 16.3. The molecule has 184 valence electrons. The molecular formula is C27H34Cl2N2O3. The summed E-state index contributed by atoms with van der Waals surface area (Å²) in [6, 6.07) is 12.5. The van der Waals surface area contributed by atoms with Crippen LogP contribution in [0.5, 0.6) is 5.75 Å². The van der Waals surface area contributed by atoms with Crippen molar-refractivity contribution < 1.29 is 14.3 Å². The van der Waals surface area contributed by atoms with Crippen LogP contribution in [-0.2, 0) is 16.1 Å². The summed E-state index contributed by atoms with van der Waals surface area (Å²) in [5.74, 6) is 0.580. The molecule has 7 heteroatoms. The lowest BCUT2D eigenvalue weighted by Crippen LogP contribution is -2.52. The van der Waals surface area contributed by atoms with Crippen LogP contribution in [-0.4, -0.2) is 35.4 Å². The lowest BCUT2D eigenvalue weighted by Gasteiger charge is -2.32. The second-order valence-corrected chi connectivity index (χ2v) is 9.96. The van der Waals surface area contributed by atoms with E-state index in [1.807, 2.05) is 31.2 Å². The lowest BCUT2D eigenvalue weighted by atomic mass is 10.0. The summed E-state index contributed by atoms with van der Waals surface area (Å²) < 4.78 is 5.80. The third-order valence-electron chi connectivity index (χ3n) is 6.39. The fraction of sp³-hybridized carbons (Fsp3) is 0.481. The van der Waals surface area contributed by atoms with Crippen LogP contribution in [0.4, 0.5) is 0 Å². The second kappa shape index (κ2) is 12.5. The highest BCUT2D eigenvalue weighted by Gasteiger charge is 2.31.